The minimum atomic E-state index is -3.67. The molecular weight excluding hydrogens is 346 g/mol. The Hall–Kier alpha value is -2.21. The van der Waals surface area contributed by atoms with E-state index < -0.39 is 21.7 Å². The van der Waals surface area contributed by atoms with Crippen molar-refractivity contribution >= 4 is 10.0 Å². The van der Waals surface area contributed by atoms with Gasteiger partial charge in [0.25, 0.3) is 0 Å². The lowest BCUT2D eigenvalue weighted by atomic mass is 9.86. The van der Waals surface area contributed by atoms with Crippen LogP contribution in [0.25, 0.3) is 0 Å². The van der Waals surface area contributed by atoms with Crippen LogP contribution in [0.5, 0.6) is 0 Å². The molecule has 2 aliphatic rings. The Kier molecular flexibility index (Phi) is 4.31. The first-order valence-corrected chi connectivity index (χ1v) is 10.1. The Balaban J connectivity index is 1.85. The quantitative estimate of drug-likeness (QED) is 0.779. The average molecular weight is 367 g/mol. The van der Waals surface area contributed by atoms with Gasteiger partial charge in [-0.05, 0) is 36.8 Å². The standard InChI is InChI=1S/C21H21NO3S/c1-17-9-11-19(12-10-17)26(23,24)22-15-5-13-21(14-6-16-25-21)20(22)18-7-3-2-4-8-18/h2-14,20H,15-16H2,1H3/t20-,21+/m0/s1. The van der Waals surface area contributed by atoms with Gasteiger partial charge in [0.15, 0.2) is 0 Å². The molecule has 0 aromatic heterocycles. The van der Waals surface area contributed by atoms with Crippen molar-refractivity contribution < 1.29 is 13.2 Å². The van der Waals surface area contributed by atoms with Crippen molar-refractivity contribution in [3.63, 3.8) is 0 Å². The van der Waals surface area contributed by atoms with Crippen LogP contribution in [-0.4, -0.2) is 31.5 Å². The normalized spacial score (nSPS) is 25.8. The minimum absolute atomic E-state index is 0.302. The van der Waals surface area contributed by atoms with Gasteiger partial charge in [0, 0.05) is 6.54 Å². The Morgan fingerprint density at radius 2 is 1.69 bits per heavy atom. The Morgan fingerprint density at radius 3 is 2.35 bits per heavy atom. The van der Waals surface area contributed by atoms with Gasteiger partial charge >= 0.3 is 0 Å². The van der Waals surface area contributed by atoms with Gasteiger partial charge in [0.1, 0.15) is 5.60 Å². The van der Waals surface area contributed by atoms with Crippen molar-refractivity contribution in [3.8, 4) is 0 Å². The molecule has 0 saturated carbocycles. The summed E-state index contributed by atoms with van der Waals surface area (Å²) in [5.41, 5.74) is 1.18. The molecule has 0 amide bonds. The summed E-state index contributed by atoms with van der Waals surface area (Å²) < 4.78 is 34.4. The molecular formula is C21H21NO3S. The summed E-state index contributed by atoms with van der Waals surface area (Å²) in [6.45, 7) is 2.74. The fourth-order valence-corrected chi connectivity index (χ4v) is 5.25. The zero-order chi connectivity index (χ0) is 18.2. The van der Waals surface area contributed by atoms with Gasteiger partial charge in [-0.15, -0.1) is 0 Å². The lowest BCUT2D eigenvalue weighted by Gasteiger charge is -2.43. The monoisotopic (exact) mass is 367 g/mol. The zero-order valence-electron chi connectivity index (χ0n) is 14.6. The first-order chi connectivity index (χ1) is 12.5. The highest BCUT2D eigenvalue weighted by molar-refractivity contribution is 7.89. The van der Waals surface area contributed by atoms with Crippen LogP contribution in [0, 0.1) is 6.92 Å². The number of rotatable bonds is 3. The maximum atomic E-state index is 13.4. The van der Waals surface area contributed by atoms with Gasteiger partial charge in [0.05, 0.1) is 17.5 Å². The SMILES string of the molecule is Cc1ccc(S(=O)(=O)N2CC=C[C@@]3(C=CCO3)[C@@H]2c2ccccc2)cc1. The van der Waals surface area contributed by atoms with Crippen LogP contribution in [0.1, 0.15) is 17.2 Å². The van der Waals surface area contributed by atoms with Crippen molar-refractivity contribution in [3.05, 3.63) is 90.0 Å². The van der Waals surface area contributed by atoms with E-state index in [4.69, 9.17) is 4.74 Å². The maximum absolute atomic E-state index is 13.4. The van der Waals surface area contributed by atoms with Gasteiger partial charge in [-0.3, -0.25) is 0 Å². The number of ether oxygens (including phenoxy) is 1. The molecule has 2 atom stereocenters. The van der Waals surface area contributed by atoms with Crippen LogP contribution in [0.3, 0.4) is 0 Å². The molecule has 2 aromatic rings. The molecule has 4 nitrogen and oxygen atoms in total. The third kappa shape index (κ3) is 2.82. The number of nitrogens with zero attached hydrogens (tertiary/aromatic N) is 1. The predicted molar refractivity (Wildman–Crippen MR) is 101 cm³/mol. The van der Waals surface area contributed by atoms with Crippen LogP contribution >= 0.6 is 0 Å². The lowest BCUT2D eigenvalue weighted by molar-refractivity contribution is 0.00503. The van der Waals surface area contributed by atoms with Crippen molar-refractivity contribution in [2.75, 3.05) is 13.2 Å². The molecule has 0 radical (unpaired) electrons. The van der Waals surface area contributed by atoms with Crippen LogP contribution in [0.15, 0.2) is 83.8 Å². The van der Waals surface area contributed by atoms with Crippen molar-refractivity contribution in [2.24, 2.45) is 0 Å². The topological polar surface area (TPSA) is 46.6 Å². The second kappa shape index (κ2) is 6.50. The van der Waals surface area contributed by atoms with Gasteiger partial charge in [-0.2, -0.15) is 4.31 Å². The smallest absolute Gasteiger partial charge is 0.244 e. The van der Waals surface area contributed by atoms with Crippen molar-refractivity contribution in [1.82, 2.24) is 4.31 Å². The van der Waals surface area contributed by atoms with Gasteiger partial charge in [-0.1, -0.05) is 60.2 Å². The maximum Gasteiger partial charge on any atom is 0.244 e. The van der Waals surface area contributed by atoms with E-state index in [9.17, 15) is 8.42 Å². The molecule has 4 rings (SSSR count). The first kappa shape index (κ1) is 17.2. The zero-order valence-corrected chi connectivity index (χ0v) is 15.4. The molecule has 26 heavy (non-hydrogen) atoms. The number of benzene rings is 2. The summed E-state index contributed by atoms with van der Waals surface area (Å²) in [5.74, 6) is 0. The van der Waals surface area contributed by atoms with Crippen LogP contribution in [0.4, 0.5) is 0 Å². The Morgan fingerprint density at radius 1 is 1.00 bits per heavy atom. The van der Waals surface area contributed by atoms with E-state index in [-0.39, 0.29) is 0 Å². The number of sulfonamides is 1. The second-order valence-corrected chi connectivity index (χ2v) is 8.56. The minimum Gasteiger partial charge on any atom is -0.361 e. The van der Waals surface area contributed by atoms with E-state index in [0.717, 1.165) is 11.1 Å². The third-order valence-electron chi connectivity index (χ3n) is 4.93. The fraction of sp³-hybridized carbons (Fsp3) is 0.238. The highest BCUT2D eigenvalue weighted by atomic mass is 32.2. The summed E-state index contributed by atoms with van der Waals surface area (Å²) >= 11 is 0. The molecule has 0 fully saturated rings. The molecule has 0 unspecified atom stereocenters. The molecule has 0 aliphatic carbocycles. The summed E-state index contributed by atoms with van der Waals surface area (Å²) in [7, 11) is -3.67. The van der Waals surface area contributed by atoms with Gasteiger partial charge < -0.3 is 4.74 Å². The van der Waals surface area contributed by atoms with E-state index in [1.807, 2.05) is 73.7 Å². The second-order valence-electron chi connectivity index (χ2n) is 6.67. The molecule has 1 spiro atoms. The van der Waals surface area contributed by atoms with E-state index in [0.29, 0.717) is 18.0 Å². The predicted octanol–water partition coefficient (Wildman–Crippen LogP) is 3.62. The van der Waals surface area contributed by atoms with Gasteiger partial charge in [-0.25, -0.2) is 8.42 Å². The molecule has 2 aromatic carbocycles. The van der Waals surface area contributed by atoms with E-state index >= 15 is 0 Å². The largest absolute Gasteiger partial charge is 0.361 e. The molecule has 134 valence electrons. The van der Waals surface area contributed by atoms with E-state index in [2.05, 4.69) is 0 Å². The average Bonchev–Trinajstić information content (AvgIpc) is 3.11. The summed E-state index contributed by atoms with van der Waals surface area (Å²) in [5, 5.41) is 0. The lowest BCUT2D eigenvalue weighted by Crippen LogP contribution is -2.49. The summed E-state index contributed by atoms with van der Waals surface area (Å²) in [4.78, 5) is 0.302. The first-order valence-electron chi connectivity index (χ1n) is 8.66. The Labute approximate surface area is 154 Å². The molecule has 0 N–H and O–H groups in total. The molecule has 2 aliphatic heterocycles. The van der Waals surface area contributed by atoms with E-state index in [1.165, 1.54) is 0 Å². The van der Waals surface area contributed by atoms with Crippen LogP contribution < -0.4 is 0 Å². The fourth-order valence-electron chi connectivity index (χ4n) is 3.65. The van der Waals surface area contributed by atoms with Crippen LogP contribution in [0.2, 0.25) is 0 Å². The highest BCUT2D eigenvalue weighted by Crippen LogP contribution is 2.44. The van der Waals surface area contributed by atoms with E-state index in [1.54, 1.807) is 16.4 Å². The summed E-state index contributed by atoms with van der Waals surface area (Å²) in [6, 6.07) is 16.2. The third-order valence-corrected chi connectivity index (χ3v) is 6.78. The van der Waals surface area contributed by atoms with Gasteiger partial charge in [0.2, 0.25) is 10.0 Å². The molecule has 5 heteroatoms. The highest BCUT2D eigenvalue weighted by Gasteiger charge is 2.48. The number of hydrogen-bond donors (Lipinski definition) is 0. The molecule has 0 saturated heterocycles. The van der Waals surface area contributed by atoms with Crippen LogP contribution in [-0.2, 0) is 14.8 Å². The van der Waals surface area contributed by atoms with Crippen molar-refractivity contribution in [2.45, 2.75) is 23.5 Å². The van der Waals surface area contributed by atoms with Crippen molar-refractivity contribution in [1.29, 1.82) is 0 Å². The Bertz CT molecular complexity index is 949. The number of aryl methyl sites for hydroxylation is 1. The number of hydrogen-bond acceptors (Lipinski definition) is 3. The molecule has 2 heterocycles. The molecule has 0 bridgehead atoms. The summed E-state index contributed by atoms with van der Waals surface area (Å²) in [6.07, 6.45) is 7.77.